The lowest BCUT2D eigenvalue weighted by atomic mass is 10.2. The minimum atomic E-state index is -3.53. The third-order valence-corrected chi connectivity index (χ3v) is 4.94. The van der Waals surface area contributed by atoms with Gasteiger partial charge in [-0.15, -0.1) is 0 Å². The lowest BCUT2D eigenvalue weighted by Crippen LogP contribution is -2.19. The fraction of sp³-hybridized carbons (Fsp3) is 0.500. The van der Waals surface area contributed by atoms with Crippen molar-refractivity contribution in [2.45, 2.75) is 29.2 Å². The highest BCUT2D eigenvalue weighted by atomic mass is 32.2. The molecule has 0 radical (unpaired) electrons. The number of rotatable bonds is 6. The molecule has 0 amide bonds. The molecule has 1 aromatic carbocycles. The molecule has 0 aromatic heterocycles. The summed E-state index contributed by atoms with van der Waals surface area (Å²) in [6, 6.07) is 4.03. The van der Waals surface area contributed by atoms with Crippen LogP contribution in [-0.2, 0) is 19.7 Å². The van der Waals surface area contributed by atoms with Crippen molar-refractivity contribution in [2.75, 3.05) is 24.4 Å². The fourth-order valence-electron chi connectivity index (χ4n) is 1.62. The van der Waals surface area contributed by atoms with E-state index < -0.39 is 19.7 Å². The largest absolute Gasteiger partial charge is 0.384 e. The highest BCUT2D eigenvalue weighted by Gasteiger charge is 2.17. The number of benzene rings is 1. The van der Waals surface area contributed by atoms with Crippen LogP contribution in [0.4, 0.5) is 5.69 Å². The zero-order chi connectivity index (χ0) is 15.6. The van der Waals surface area contributed by atoms with Crippen LogP contribution in [0.3, 0.4) is 0 Å². The summed E-state index contributed by atoms with van der Waals surface area (Å²) in [5.41, 5.74) is 6.01. The summed E-state index contributed by atoms with van der Waals surface area (Å²) in [5, 5.41) is 2.98. The average molecular weight is 320 g/mol. The molecular weight excluding hydrogens is 300 g/mol. The fourth-order valence-corrected chi connectivity index (χ4v) is 3.22. The van der Waals surface area contributed by atoms with Gasteiger partial charge in [0.25, 0.3) is 0 Å². The smallest absolute Gasteiger partial charge is 0.177 e. The summed E-state index contributed by atoms with van der Waals surface area (Å²) >= 11 is 0. The number of hydrogen-bond acceptors (Lipinski definition) is 6. The number of hydrogen-bond donors (Lipinski definition) is 2. The van der Waals surface area contributed by atoms with Gasteiger partial charge in [0.05, 0.1) is 15.5 Å². The molecule has 1 rings (SSSR count). The molecule has 0 aliphatic rings. The zero-order valence-electron chi connectivity index (χ0n) is 11.8. The van der Waals surface area contributed by atoms with Crippen molar-refractivity contribution in [1.82, 2.24) is 0 Å². The lowest BCUT2D eigenvalue weighted by molar-refractivity contribution is 0.600. The molecule has 0 fully saturated rings. The normalized spacial score (nSPS) is 14.0. The zero-order valence-corrected chi connectivity index (χ0v) is 13.4. The molecule has 0 bridgehead atoms. The SMILES string of the molecule is CC(N)CCNc1ccc(S(C)(=O)=O)cc1S(C)(=O)=O. The molecule has 0 aliphatic carbocycles. The molecular formula is C12H20N2O4S2. The molecule has 8 heteroatoms. The summed E-state index contributed by atoms with van der Waals surface area (Å²) in [6.45, 7) is 2.37. The van der Waals surface area contributed by atoms with Crippen LogP contribution in [0.15, 0.2) is 28.0 Å². The molecule has 3 N–H and O–H groups in total. The number of anilines is 1. The summed E-state index contributed by atoms with van der Waals surface area (Å²) in [7, 11) is -6.97. The molecule has 114 valence electrons. The van der Waals surface area contributed by atoms with E-state index in [0.717, 1.165) is 12.5 Å². The van der Waals surface area contributed by atoms with E-state index in [-0.39, 0.29) is 15.8 Å². The van der Waals surface area contributed by atoms with Gasteiger partial charge >= 0.3 is 0 Å². The van der Waals surface area contributed by atoms with Gasteiger partial charge in [0.15, 0.2) is 19.7 Å². The van der Waals surface area contributed by atoms with Gasteiger partial charge in [0.1, 0.15) is 0 Å². The van der Waals surface area contributed by atoms with Crippen LogP contribution < -0.4 is 11.1 Å². The monoisotopic (exact) mass is 320 g/mol. The van der Waals surface area contributed by atoms with Crippen LogP contribution >= 0.6 is 0 Å². The van der Waals surface area contributed by atoms with Crippen molar-refractivity contribution >= 4 is 25.4 Å². The van der Waals surface area contributed by atoms with Gasteiger partial charge < -0.3 is 11.1 Å². The highest BCUT2D eigenvalue weighted by molar-refractivity contribution is 7.91. The minimum absolute atomic E-state index is 0.000485. The highest BCUT2D eigenvalue weighted by Crippen LogP contribution is 2.25. The molecule has 1 aromatic rings. The standard InChI is InChI=1S/C12H20N2O4S2/c1-9(13)6-7-14-11-5-4-10(19(2,15)16)8-12(11)20(3,17)18/h4-5,8-9,14H,6-7,13H2,1-3H3. The summed E-state index contributed by atoms with van der Waals surface area (Å²) in [6.07, 6.45) is 2.76. The topological polar surface area (TPSA) is 106 Å². The maximum Gasteiger partial charge on any atom is 0.177 e. The van der Waals surface area contributed by atoms with E-state index >= 15 is 0 Å². The van der Waals surface area contributed by atoms with E-state index in [2.05, 4.69) is 5.32 Å². The van der Waals surface area contributed by atoms with Crippen LogP contribution in [0.2, 0.25) is 0 Å². The molecule has 0 saturated carbocycles. The van der Waals surface area contributed by atoms with E-state index in [9.17, 15) is 16.8 Å². The van der Waals surface area contributed by atoms with Crippen LogP contribution in [0.25, 0.3) is 0 Å². The second kappa shape index (κ2) is 6.11. The first-order valence-corrected chi connectivity index (χ1v) is 9.83. The van der Waals surface area contributed by atoms with Crippen LogP contribution in [0.1, 0.15) is 13.3 Å². The Labute approximate surface area is 120 Å². The molecule has 0 saturated heterocycles. The summed E-state index contributed by atoms with van der Waals surface area (Å²) in [5.74, 6) is 0. The molecule has 1 atom stereocenters. The minimum Gasteiger partial charge on any atom is -0.384 e. The van der Waals surface area contributed by atoms with Crippen molar-refractivity contribution in [3.05, 3.63) is 18.2 Å². The molecule has 0 aliphatic heterocycles. The maximum absolute atomic E-state index is 11.8. The van der Waals surface area contributed by atoms with Crippen LogP contribution in [0.5, 0.6) is 0 Å². The van der Waals surface area contributed by atoms with Crippen molar-refractivity contribution in [2.24, 2.45) is 5.73 Å². The third kappa shape index (κ3) is 4.77. The van der Waals surface area contributed by atoms with Gasteiger partial charge in [-0.05, 0) is 31.5 Å². The van der Waals surface area contributed by atoms with Crippen LogP contribution in [0, 0.1) is 0 Å². The first-order chi connectivity index (χ1) is 9.01. The Balaban J connectivity index is 3.19. The van der Waals surface area contributed by atoms with E-state index in [1.54, 1.807) is 0 Å². The number of sulfone groups is 2. The predicted molar refractivity (Wildman–Crippen MR) is 79.4 cm³/mol. The molecule has 0 heterocycles. The van der Waals surface area contributed by atoms with Gasteiger partial charge in [-0.1, -0.05) is 0 Å². The lowest BCUT2D eigenvalue weighted by Gasteiger charge is -2.13. The molecule has 0 spiro atoms. The Morgan fingerprint density at radius 2 is 1.75 bits per heavy atom. The van der Waals surface area contributed by atoms with Gasteiger partial charge in [0, 0.05) is 25.1 Å². The quantitative estimate of drug-likeness (QED) is 0.797. The number of nitrogens with two attached hydrogens (primary N) is 1. The Morgan fingerprint density at radius 3 is 2.20 bits per heavy atom. The average Bonchev–Trinajstić information content (AvgIpc) is 2.25. The van der Waals surface area contributed by atoms with Gasteiger partial charge in [-0.3, -0.25) is 0 Å². The van der Waals surface area contributed by atoms with Crippen molar-refractivity contribution < 1.29 is 16.8 Å². The molecule has 1 unspecified atom stereocenters. The van der Waals surface area contributed by atoms with Crippen molar-refractivity contribution in [1.29, 1.82) is 0 Å². The van der Waals surface area contributed by atoms with Crippen LogP contribution in [-0.4, -0.2) is 41.9 Å². The second-order valence-corrected chi connectivity index (χ2v) is 8.89. The first-order valence-electron chi connectivity index (χ1n) is 6.05. The Morgan fingerprint density at radius 1 is 1.15 bits per heavy atom. The van der Waals surface area contributed by atoms with Crippen molar-refractivity contribution in [3.63, 3.8) is 0 Å². The predicted octanol–water partition coefficient (Wildman–Crippen LogP) is 0.643. The molecule has 20 heavy (non-hydrogen) atoms. The van der Waals surface area contributed by atoms with E-state index in [4.69, 9.17) is 5.73 Å². The maximum atomic E-state index is 11.8. The summed E-state index contributed by atoms with van der Waals surface area (Å²) in [4.78, 5) is -0.0410. The Kier molecular flexibility index (Phi) is 5.17. The number of nitrogens with one attached hydrogen (secondary N) is 1. The van der Waals surface area contributed by atoms with Gasteiger partial charge in [-0.25, -0.2) is 16.8 Å². The van der Waals surface area contributed by atoms with Gasteiger partial charge in [0.2, 0.25) is 0 Å². The van der Waals surface area contributed by atoms with Crippen molar-refractivity contribution in [3.8, 4) is 0 Å². The first kappa shape index (κ1) is 16.9. The molecule has 6 nitrogen and oxygen atoms in total. The van der Waals surface area contributed by atoms with E-state index in [1.807, 2.05) is 6.92 Å². The van der Waals surface area contributed by atoms with E-state index in [1.165, 1.54) is 18.2 Å². The third-order valence-electron chi connectivity index (χ3n) is 2.70. The Bertz CT molecular complexity index is 679. The summed E-state index contributed by atoms with van der Waals surface area (Å²) < 4.78 is 46.5. The van der Waals surface area contributed by atoms with Gasteiger partial charge in [-0.2, -0.15) is 0 Å². The second-order valence-electron chi connectivity index (χ2n) is 4.90. The Hall–Kier alpha value is -1.12. The van der Waals surface area contributed by atoms with E-state index in [0.29, 0.717) is 18.7 Å².